The number of alkyl halides is 5. The highest BCUT2D eigenvalue weighted by atomic mass is 19.4. The van der Waals surface area contributed by atoms with E-state index in [1.165, 1.54) is 17.8 Å². The van der Waals surface area contributed by atoms with Crippen LogP contribution in [0.3, 0.4) is 0 Å². The van der Waals surface area contributed by atoms with E-state index in [0.717, 1.165) is 10.6 Å². The summed E-state index contributed by atoms with van der Waals surface area (Å²) in [6, 6.07) is -1.88. The number of hydrogen-bond acceptors (Lipinski definition) is 4. The van der Waals surface area contributed by atoms with Gasteiger partial charge in [0.15, 0.2) is 5.65 Å². The van der Waals surface area contributed by atoms with Gasteiger partial charge < -0.3 is 15.0 Å². The van der Waals surface area contributed by atoms with Gasteiger partial charge in [-0.3, -0.25) is 0 Å². The molecule has 2 saturated carbocycles. The van der Waals surface area contributed by atoms with Crippen molar-refractivity contribution in [3.8, 4) is 0 Å². The molecule has 0 radical (unpaired) electrons. The monoisotopic (exact) mass is 459 g/mol. The highest BCUT2D eigenvalue weighted by Crippen LogP contribution is 2.63. The van der Waals surface area contributed by atoms with Crippen LogP contribution in [0.2, 0.25) is 0 Å². The first kappa shape index (κ1) is 21.4. The molecule has 0 bridgehead atoms. The number of urea groups is 1. The zero-order valence-electron chi connectivity index (χ0n) is 17.1. The predicted molar refractivity (Wildman–Crippen MR) is 101 cm³/mol. The van der Waals surface area contributed by atoms with E-state index in [-0.39, 0.29) is 37.2 Å². The maximum Gasteiger partial charge on any atom is 0.410 e. The first-order chi connectivity index (χ1) is 15.1. The van der Waals surface area contributed by atoms with Gasteiger partial charge in [-0.1, -0.05) is 0 Å². The number of amides is 2. The molecular formula is C20H22F5N5O2. The van der Waals surface area contributed by atoms with Crippen LogP contribution < -0.4 is 5.32 Å². The van der Waals surface area contributed by atoms with Crippen LogP contribution in [0, 0.1) is 17.8 Å². The molecule has 2 amide bonds. The third-order valence-electron chi connectivity index (χ3n) is 6.83. The summed E-state index contributed by atoms with van der Waals surface area (Å²) < 4.78 is 72.7. The van der Waals surface area contributed by atoms with Crippen molar-refractivity contribution in [1.82, 2.24) is 24.8 Å². The van der Waals surface area contributed by atoms with Gasteiger partial charge in [0.1, 0.15) is 6.04 Å². The minimum Gasteiger partial charge on any atom is -0.382 e. The van der Waals surface area contributed by atoms with Crippen LogP contribution in [-0.4, -0.2) is 63.9 Å². The van der Waals surface area contributed by atoms with Gasteiger partial charge >= 0.3 is 12.2 Å². The summed E-state index contributed by atoms with van der Waals surface area (Å²) in [4.78, 5) is 17.8. The fourth-order valence-corrected chi connectivity index (χ4v) is 5.20. The van der Waals surface area contributed by atoms with Crippen LogP contribution in [0.25, 0.3) is 5.65 Å². The Bertz CT molecular complexity index is 1030. The molecule has 2 aromatic rings. The third-order valence-corrected chi connectivity index (χ3v) is 6.83. The largest absolute Gasteiger partial charge is 0.410 e. The third kappa shape index (κ3) is 3.78. The zero-order chi connectivity index (χ0) is 22.8. The minimum absolute atomic E-state index is 0.0109. The van der Waals surface area contributed by atoms with Gasteiger partial charge in [0, 0.05) is 25.5 Å². The number of carbonyl (C=O) groups excluding carboxylic acids is 1. The SMILES string of the molecule is COC[C@H](c1cnn2cc(CC3C4CC(F)(F)CC34)nc2c1)N1C[C@@H](C(F)(F)F)NC1=O. The Kier molecular flexibility index (Phi) is 4.84. The molecule has 32 heavy (non-hydrogen) atoms. The lowest BCUT2D eigenvalue weighted by molar-refractivity contribution is -0.150. The van der Waals surface area contributed by atoms with E-state index in [9.17, 15) is 26.7 Å². The van der Waals surface area contributed by atoms with Crippen molar-refractivity contribution in [2.24, 2.45) is 17.8 Å². The highest BCUT2D eigenvalue weighted by Gasteiger charge is 2.62. The quantitative estimate of drug-likeness (QED) is 0.674. The van der Waals surface area contributed by atoms with Crippen LogP contribution in [-0.2, 0) is 11.2 Å². The van der Waals surface area contributed by atoms with Crippen LogP contribution in [0.5, 0.6) is 0 Å². The molecule has 2 unspecified atom stereocenters. The molecule has 174 valence electrons. The number of aromatic nitrogens is 3. The van der Waals surface area contributed by atoms with Crippen LogP contribution in [0.15, 0.2) is 18.5 Å². The van der Waals surface area contributed by atoms with Crippen molar-refractivity contribution < 1.29 is 31.5 Å². The first-order valence-corrected chi connectivity index (χ1v) is 10.4. The fourth-order valence-electron chi connectivity index (χ4n) is 5.20. The lowest BCUT2D eigenvalue weighted by atomic mass is 10.1. The minimum atomic E-state index is -4.55. The number of hydrogen-bond donors (Lipinski definition) is 1. The summed E-state index contributed by atoms with van der Waals surface area (Å²) in [5.41, 5.74) is 1.70. The van der Waals surface area contributed by atoms with Gasteiger partial charge in [0.2, 0.25) is 5.92 Å². The van der Waals surface area contributed by atoms with Crippen LogP contribution >= 0.6 is 0 Å². The van der Waals surface area contributed by atoms with Crippen molar-refractivity contribution in [2.75, 3.05) is 20.3 Å². The number of carbonyl (C=O) groups is 1. The molecule has 3 heterocycles. The number of methoxy groups -OCH3 is 1. The molecule has 12 heteroatoms. The Morgan fingerprint density at radius 2 is 2.03 bits per heavy atom. The predicted octanol–water partition coefficient (Wildman–Crippen LogP) is 3.21. The molecular weight excluding hydrogens is 437 g/mol. The van der Waals surface area contributed by atoms with E-state index >= 15 is 0 Å². The summed E-state index contributed by atoms with van der Waals surface area (Å²) >= 11 is 0. The average Bonchev–Trinajstić information content (AvgIpc) is 3.10. The molecule has 5 rings (SSSR count). The molecule has 0 spiro atoms. The molecule has 7 nitrogen and oxygen atoms in total. The molecule has 1 N–H and O–H groups in total. The Morgan fingerprint density at radius 3 is 2.66 bits per heavy atom. The smallest absolute Gasteiger partial charge is 0.382 e. The lowest BCUT2D eigenvalue weighted by Gasteiger charge is -2.26. The van der Waals surface area contributed by atoms with E-state index in [0.29, 0.717) is 17.6 Å². The van der Waals surface area contributed by atoms with Gasteiger partial charge in [-0.2, -0.15) is 18.3 Å². The second kappa shape index (κ2) is 7.26. The number of imidazole rings is 1. The summed E-state index contributed by atoms with van der Waals surface area (Å²) in [5, 5.41) is 6.25. The van der Waals surface area contributed by atoms with E-state index in [1.807, 2.05) is 5.32 Å². The summed E-state index contributed by atoms with van der Waals surface area (Å²) in [6.07, 6.45) is -0.871. The van der Waals surface area contributed by atoms with Crippen molar-refractivity contribution in [2.45, 2.75) is 43.4 Å². The molecule has 3 fully saturated rings. The Labute approximate surface area is 179 Å². The van der Waals surface area contributed by atoms with Gasteiger partial charge in [-0.05, 0) is 30.2 Å². The number of nitrogens with one attached hydrogen (secondary N) is 1. The second-order valence-corrected chi connectivity index (χ2v) is 8.95. The van der Waals surface area contributed by atoms with Gasteiger partial charge in [0.25, 0.3) is 0 Å². The van der Waals surface area contributed by atoms with Crippen LogP contribution in [0.4, 0.5) is 26.7 Å². The molecule has 1 saturated heterocycles. The van der Waals surface area contributed by atoms with Crippen molar-refractivity contribution >= 4 is 11.7 Å². The highest BCUT2D eigenvalue weighted by molar-refractivity contribution is 5.77. The fraction of sp³-hybridized carbons (Fsp3) is 0.650. The molecule has 2 aromatic heterocycles. The summed E-state index contributed by atoms with van der Waals surface area (Å²) in [7, 11) is 1.40. The zero-order valence-corrected chi connectivity index (χ0v) is 17.1. The molecule has 1 aliphatic heterocycles. The van der Waals surface area contributed by atoms with Gasteiger partial charge in [-0.15, -0.1) is 0 Å². The number of ether oxygens (including phenoxy) is 1. The van der Waals surface area contributed by atoms with Crippen molar-refractivity contribution in [3.05, 3.63) is 29.7 Å². The molecule has 3 aliphatic rings. The topological polar surface area (TPSA) is 71.8 Å². The summed E-state index contributed by atoms with van der Waals surface area (Å²) in [5.74, 6) is -2.27. The van der Waals surface area contributed by atoms with E-state index in [1.54, 1.807) is 12.3 Å². The Hall–Kier alpha value is -2.50. The number of rotatable bonds is 6. The van der Waals surface area contributed by atoms with Gasteiger partial charge in [-0.25, -0.2) is 23.1 Å². The summed E-state index contributed by atoms with van der Waals surface area (Å²) in [6.45, 7) is -0.542. The standard InChI is InChI=1S/C20H22F5N5O2/c1-32-9-15(29-8-16(20(23,24)25)28-18(29)31)10-2-17-27-11(7-30(17)26-6-10)3-12-13-4-19(21,22)5-14(12)13/h2,6-7,12-16H,3-5,8-9H2,1H3,(H,28,31)/t12?,13?,14?,15-,16+/m1/s1. The van der Waals surface area contributed by atoms with E-state index < -0.39 is 36.8 Å². The molecule has 4 atom stereocenters. The van der Waals surface area contributed by atoms with Crippen LogP contribution in [0.1, 0.15) is 30.1 Å². The van der Waals surface area contributed by atoms with Crippen molar-refractivity contribution in [1.29, 1.82) is 0 Å². The van der Waals surface area contributed by atoms with E-state index in [2.05, 4.69) is 10.1 Å². The first-order valence-electron chi connectivity index (χ1n) is 10.4. The number of halogens is 5. The number of fused-ring (bicyclic) bond motifs is 2. The second-order valence-electron chi connectivity index (χ2n) is 8.95. The average molecular weight is 459 g/mol. The maximum absolute atomic E-state index is 13.4. The Morgan fingerprint density at radius 1 is 1.31 bits per heavy atom. The van der Waals surface area contributed by atoms with Gasteiger partial charge in [0.05, 0.1) is 37.3 Å². The van der Waals surface area contributed by atoms with Crippen molar-refractivity contribution in [3.63, 3.8) is 0 Å². The van der Waals surface area contributed by atoms with E-state index in [4.69, 9.17) is 4.74 Å². The number of nitrogens with zero attached hydrogens (tertiary/aromatic N) is 4. The maximum atomic E-state index is 13.4. The lowest BCUT2D eigenvalue weighted by Crippen LogP contribution is -2.40. The molecule has 0 aromatic carbocycles. The molecule has 2 aliphatic carbocycles. The Balaban J connectivity index is 1.34. The normalized spacial score (nSPS) is 29.9.